The van der Waals surface area contributed by atoms with Crippen molar-refractivity contribution >= 4 is 34.6 Å². The van der Waals surface area contributed by atoms with Crippen LogP contribution in [-0.4, -0.2) is 48.9 Å². The molecule has 2 atom stereocenters. The van der Waals surface area contributed by atoms with Crippen LogP contribution < -0.4 is 27.0 Å². The molecule has 1 aromatic heterocycles. The zero-order chi connectivity index (χ0) is 23.4. The third-order valence-electron chi connectivity index (χ3n) is 5.03. The SMILES string of the molecule is CNc1cc(N2CC(C)NC(C)C2)cc(C#N)c1C(N)=Nc1cnc(/N=C(/C)N)c(F)c1. The lowest BCUT2D eigenvalue weighted by molar-refractivity contribution is 0.407. The van der Waals surface area contributed by atoms with Gasteiger partial charge in [-0.05, 0) is 32.9 Å². The van der Waals surface area contributed by atoms with Gasteiger partial charge in [0.2, 0.25) is 0 Å². The van der Waals surface area contributed by atoms with Crippen molar-refractivity contribution in [3.8, 4) is 6.07 Å². The van der Waals surface area contributed by atoms with E-state index in [4.69, 9.17) is 11.5 Å². The van der Waals surface area contributed by atoms with Gasteiger partial charge < -0.3 is 27.0 Å². The molecule has 168 valence electrons. The summed E-state index contributed by atoms with van der Waals surface area (Å²) < 4.78 is 14.3. The summed E-state index contributed by atoms with van der Waals surface area (Å²) in [5, 5.41) is 16.4. The summed E-state index contributed by atoms with van der Waals surface area (Å²) in [5.74, 6) is -0.528. The summed E-state index contributed by atoms with van der Waals surface area (Å²) in [6.45, 7) is 7.45. The Labute approximate surface area is 187 Å². The van der Waals surface area contributed by atoms with Crippen molar-refractivity contribution in [3.05, 3.63) is 41.3 Å². The molecule has 2 aromatic rings. The highest BCUT2D eigenvalue weighted by Crippen LogP contribution is 2.30. The summed E-state index contributed by atoms with van der Waals surface area (Å²) in [6, 6.07) is 7.80. The summed E-state index contributed by atoms with van der Waals surface area (Å²) in [6.07, 6.45) is 1.35. The maximum Gasteiger partial charge on any atom is 0.190 e. The van der Waals surface area contributed by atoms with Crippen LogP contribution in [0.2, 0.25) is 0 Å². The van der Waals surface area contributed by atoms with E-state index in [-0.39, 0.29) is 23.2 Å². The van der Waals surface area contributed by atoms with E-state index in [1.165, 1.54) is 12.3 Å². The number of nitrogens with two attached hydrogens (primary N) is 2. The first-order valence-corrected chi connectivity index (χ1v) is 10.3. The number of rotatable bonds is 5. The van der Waals surface area contributed by atoms with Crippen LogP contribution in [0.3, 0.4) is 0 Å². The molecule has 9 nitrogen and oxygen atoms in total. The maximum atomic E-state index is 14.3. The minimum absolute atomic E-state index is 0.0759. The number of halogens is 1. The van der Waals surface area contributed by atoms with Gasteiger partial charge in [0.25, 0.3) is 0 Å². The first kappa shape index (κ1) is 23.0. The van der Waals surface area contributed by atoms with E-state index in [0.717, 1.165) is 18.8 Å². The summed E-state index contributed by atoms with van der Waals surface area (Å²) in [4.78, 5) is 14.3. The predicted octanol–water partition coefficient (Wildman–Crippen LogP) is 2.37. The fourth-order valence-electron chi connectivity index (χ4n) is 3.83. The number of hydrogen-bond donors (Lipinski definition) is 4. The molecule has 0 spiro atoms. The van der Waals surface area contributed by atoms with Crippen LogP contribution in [0.25, 0.3) is 0 Å². The number of hydrogen-bond acceptors (Lipinski definition) is 7. The molecule has 2 unspecified atom stereocenters. The summed E-state index contributed by atoms with van der Waals surface area (Å²) in [5.41, 5.74) is 14.4. The molecule has 1 fully saturated rings. The molecule has 6 N–H and O–H groups in total. The molecular formula is C22H28FN9. The lowest BCUT2D eigenvalue weighted by Crippen LogP contribution is -2.54. The quantitative estimate of drug-likeness (QED) is 0.416. The van der Waals surface area contributed by atoms with Gasteiger partial charge in [0.1, 0.15) is 11.9 Å². The van der Waals surface area contributed by atoms with Gasteiger partial charge >= 0.3 is 0 Å². The van der Waals surface area contributed by atoms with Crippen LogP contribution in [-0.2, 0) is 0 Å². The number of pyridine rings is 1. The number of benzene rings is 1. The number of amidine groups is 2. The van der Waals surface area contributed by atoms with Crippen molar-refractivity contribution in [2.45, 2.75) is 32.9 Å². The van der Waals surface area contributed by atoms with Crippen molar-refractivity contribution in [1.29, 1.82) is 5.26 Å². The number of nitriles is 1. The molecule has 3 rings (SSSR count). The van der Waals surface area contributed by atoms with Crippen molar-refractivity contribution in [1.82, 2.24) is 10.3 Å². The molecule has 32 heavy (non-hydrogen) atoms. The molecule has 1 aliphatic rings. The second kappa shape index (κ2) is 9.62. The second-order valence-electron chi connectivity index (χ2n) is 7.90. The topological polar surface area (TPSA) is 141 Å². The smallest absolute Gasteiger partial charge is 0.190 e. The Morgan fingerprint density at radius 3 is 2.50 bits per heavy atom. The average Bonchev–Trinajstić information content (AvgIpc) is 2.73. The molecule has 0 aliphatic carbocycles. The minimum atomic E-state index is -0.671. The van der Waals surface area contributed by atoms with Gasteiger partial charge in [0, 0.05) is 49.7 Å². The normalized spacial score (nSPS) is 19.6. The van der Waals surface area contributed by atoms with Gasteiger partial charge in [-0.2, -0.15) is 5.26 Å². The molecule has 0 amide bonds. The highest BCUT2D eigenvalue weighted by molar-refractivity contribution is 6.06. The summed E-state index contributed by atoms with van der Waals surface area (Å²) >= 11 is 0. The number of nitrogens with zero attached hydrogens (tertiary/aromatic N) is 5. The highest BCUT2D eigenvalue weighted by Gasteiger charge is 2.23. The van der Waals surface area contributed by atoms with Gasteiger partial charge in [0.15, 0.2) is 11.6 Å². The van der Waals surface area contributed by atoms with E-state index in [1.807, 2.05) is 12.1 Å². The van der Waals surface area contributed by atoms with Crippen LogP contribution in [0.4, 0.5) is 27.3 Å². The van der Waals surface area contributed by atoms with Gasteiger partial charge in [-0.1, -0.05) is 0 Å². The standard InChI is InChI=1S/C22H28FN9/c1-12-10-32(11-13(2)29-12)17-5-15(8-24)20(19(7-17)27-4)21(26)31-16-6-18(23)22(28-9-16)30-14(3)25/h5-7,9,12-13,27,29H,10-11H2,1-4H3,(H2,26,31)(H2,25,28,30). The van der Waals surface area contributed by atoms with Crippen LogP contribution in [0.1, 0.15) is 31.9 Å². The van der Waals surface area contributed by atoms with Gasteiger partial charge in [-0.15, -0.1) is 0 Å². The monoisotopic (exact) mass is 437 g/mol. The Hall–Kier alpha value is -3.71. The Balaban J connectivity index is 2.01. The number of aliphatic imine (C=N–C) groups is 2. The van der Waals surface area contributed by atoms with E-state index >= 15 is 0 Å². The fraction of sp³-hybridized carbons (Fsp3) is 0.364. The van der Waals surface area contributed by atoms with Gasteiger partial charge in [0.05, 0.1) is 28.8 Å². The lowest BCUT2D eigenvalue weighted by Gasteiger charge is -2.38. The third kappa shape index (κ3) is 5.12. The molecule has 0 saturated carbocycles. The molecule has 1 aliphatic heterocycles. The van der Waals surface area contributed by atoms with E-state index in [0.29, 0.717) is 28.9 Å². The van der Waals surface area contributed by atoms with Crippen LogP contribution in [0.15, 0.2) is 34.4 Å². The number of aromatic nitrogens is 1. The van der Waals surface area contributed by atoms with E-state index in [1.54, 1.807) is 14.0 Å². The van der Waals surface area contributed by atoms with E-state index in [9.17, 15) is 9.65 Å². The minimum Gasteiger partial charge on any atom is -0.387 e. The Kier molecular flexibility index (Phi) is 6.90. The molecule has 10 heteroatoms. The van der Waals surface area contributed by atoms with Crippen LogP contribution >= 0.6 is 0 Å². The second-order valence-corrected chi connectivity index (χ2v) is 7.90. The largest absolute Gasteiger partial charge is 0.387 e. The molecule has 0 bridgehead atoms. The Morgan fingerprint density at radius 2 is 1.94 bits per heavy atom. The Bertz CT molecular complexity index is 1090. The van der Waals surface area contributed by atoms with Gasteiger partial charge in [-0.3, -0.25) is 0 Å². The third-order valence-corrected chi connectivity index (χ3v) is 5.03. The van der Waals surface area contributed by atoms with Crippen LogP contribution in [0, 0.1) is 17.1 Å². The first-order chi connectivity index (χ1) is 15.2. The number of nitrogens with one attached hydrogen (secondary N) is 2. The fourth-order valence-corrected chi connectivity index (χ4v) is 3.83. The Morgan fingerprint density at radius 1 is 1.25 bits per heavy atom. The number of anilines is 2. The molecule has 1 saturated heterocycles. The van der Waals surface area contributed by atoms with E-state index < -0.39 is 5.82 Å². The zero-order valence-corrected chi connectivity index (χ0v) is 18.6. The number of piperazine rings is 1. The highest BCUT2D eigenvalue weighted by atomic mass is 19.1. The molecule has 0 radical (unpaired) electrons. The van der Waals surface area contributed by atoms with Crippen LogP contribution in [0.5, 0.6) is 0 Å². The van der Waals surface area contributed by atoms with Crippen molar-refractivity contribution in [3.63, 3.8) is 0 Å². The van der Waals surface area contributed by atoms with E-state index in [2.05, 4.69) is 50.4 Å². The van der Waals surface area contributed by atoms with Crippen molar-refractivity contribution < 1.29 is 4.39 Å². The predicted molar refractivity (Wildman–Crippen MR) is 127 cm³/mol. The van der Waals surface area contributed by atoms with Gasteiger partial charge in [-0.25, -0.2) is 19.4 Å². The first-order valence-electron chi connectivity index (χ1n) is 10.3. The van der Waals surface area contributed by atoms with Crippen molar-refractivity contribution in [2.75, 3.05) is 30.4 Å². The maximum absolute atomic E-state index is 14.3. The molecular weight excluding hydrogens is 409 g/mol. The molecule has 1 aromatic carbocycles. The summed E-state index contributed by atoms with van der Waals surface area (Å²) in [7, 11) is 1.75. The lowest BCUT2D eigenvalue weighted by atomic mass is 10.0. The average molecular weight is 438 g/mol. The molecule has 2 heterocycles. The zero-order valence-electron chi connectivity index (χ0n) is 18.6. The van der Waals surface area contributed by atoms with Crippen molar-refractivity contribution in [2.24, 2.45) is 21.5 Å².